The zero-order valence-electron chi connectivity index (χ0n) is 9.27. The van der Waals surface area contributed by atoms with Gasteiger partial charge in [0.2, 0.25) is 0 Å². The number of Topliss-reactive ketones (excluding diaryl/α,β-unsaturated/α-hetero) is 1. The van der Waals surface area contributed by atoms with E-state index < -0.39 is 11.7 Å². The van der Waals surface area contributed by atoms with E-state index in [0.717, 1.165) is 12.1 Å². The molecule has 0 unspecified atom stereocenters. The first kappa shape index (κ1) is 14.0. The van der Waals surface area contributed by atoms with Crippen LogP contribution in [0.15, 0.2) is 18.2 Å². The minimum atomic E-state index is -4.38. The molecule has 0 aliphatic heterocycles. The Morgan fingerprint density at radius 1 is 1.24 bits per heavy atom. The van der Waals surface area contributed by atoms with Crippen molar-refractivity contribution in [2.24, 2.45) is 0 Å². The Morgan fingerprint density at radius 2 is 1.82 bits per heavy atom. The molecule has 0 amide bonds. The molecule has 1 aromatic carbocycles. The number of benzene rings is 1. The zero-order chi connectivity index (χ0) is 13.1. The quantitative estimate of drug-likeness (QED) is 0.759. The summed E-state index contributed by atoms with van der Waals surface area (Å²) in [5.74, 6) is -0.467. The molecule has 0 N–H and O–H groups in total. The van der Waals surface area contributed by atoms with E-state index in [0.29, 0.717) is 17.5 Å². The molecule has 0 saturated carbocycles. The molecular weight excluding hydrogens is 253 g/mol. The molecule has 5 heteroatoms. The van der Waals surface area contributed by atoms with Crippen LogP contribution in [0, 0.1) is 0 Å². The topological polar surface area (TPSA) is 17.1 Å². The molecule has 0 radical (unpaired) electrons. The molecule has 1 rings (SSSR count). The standard InChI is InChI=1S/C12H12ClF3O/c1-2-8-3-9(6-11(17)7-13)5-10(4-8)12(14,15)16/h3-5H,2,6-7H2,1H3. The van der Waals surface area contributed by atoms with Gasteiger partial charge < -0.3 is 0 Å². The van der Waals surface area contributed by atoms with E-state index in [9.17, 15) is 18.0 Å². The normalized spacial score (nSPS) is 11.6. The number of hydrogen-bond donors (Lipinski definition) is 0. The van der Waals surface area contributed by atoms with E-state index in [1.165, 1.54) is 0 Å². The second-order valence-corrected chi connectivity index (χ2v) is 4.01. The van der Waals surface area contributed by atoms with Gasteiger partial charge in [0.25, 0.3) is 0 Å². The molecule has 0 atom stereocenters. The molecule has 0 heterocycles. The predicted octanol–water partition coefficient (Wildman–Crippen LogP) is 3.62. The third-order valence-corrected chi connectivity index (χ3v) is 2.64. The summed E-state index contributed by atoms with van der Waals surface area (Å²) in [6, 6.07) is 3.72. The van der Waals surface area contributed by atoms with E-state index in [2.05, 4.69) is 0 Å². The molecule has 0 aromatic heterocycles. The van der Waals surface area contributed by atoms with E-state index in [-0.39, 0.29) is 18.1 Å². The molecule has 0 spiro atoms. The van der Waals surface area contributed by atoms with Crippen molar-refractivity contribution in [1.29, 1.82) is 0 Å². The first-order chi connectivity index (χ1) is 7.86. The lowest BCUT2D eigenvalue weighted by Crippen LogP contribution is -2.09. The molecule has 17 heavy (non-hydrogen) atoms. The Labute approximate surface area is 103 Å². The molecule has 1 aromatic rings. The van der Waals surface area contributed by atoms with Crippen molar-refractivity contribution in [2.75, 3.05) is 5.88 Å². The second-order valence-electron chi connectivity index (χ2n) is 3.74. The monoisotopic (exact) mass is 264 g/mol. The van der Waals surface area contributed by atoms with Crippen LogP contribution in [0.1, 0.15) is 23.6 Å². The maximum Gasteiger partial charge on any atom is 0.416 e. The van der Waals surface area contributed by atoms with Crippen LogP contribution in [0.3, 0.4) is 0 Å². The summed E-state index contributed by atoms with van der Waals surface area (Å²) in [5, 5.41) is 0. The van der Waals surface area contributed by atoms with Crippen LogP contribution in [0.5, 0.6) is 0 Å². The molecule has 0 bridgehead atoms. The number of ketones is 1. The van der Waals surface area contributed by atoms with E-state index in [4.69, 9.17) is 11.6 Å². The Balaban J connectivity index is 3.10. The molecule has 0 aliphatic carbocycles. The van der Waals surface area contributed by atoms with E-state index in [1.807, 2.05) is 0 Å². The molecule has 0 aliphatic rings. The molecule has 0 fully saturated rings. The first-order valence-corrected chi connectivity index (χ1v) is 5.68. The van der Waals surface area contributed by atoms with Gasteiger partial charge in [0, 0.05) is 6.42 Å². The number of aryl methyl sites for hydroxylation is 1. The summed E-state index contributed by atoms with van der Waals surface area (Å²) in [4.78, 5) is 11.1. The number of carbonyl (C=O) groups is 1. The lowest BCUT2D eigenvalue weighted by Gasteiger charge is -2.11. The maximum absolute atomic E-state index is 12.6. The highest BCUT2D eigenvalue weighted by molar-refractivity contribution is 6.27. The van der Waals surface area contributed by atoms with Crippen molar-refractivity contribution in [3.8, 4) is 0 Å². The summed E-state index contributed by atoms with van der Waals surface area (Å²) in [6.07, 6.45) is -3.95. The van der Waals surface area contributed by atoms with Crippen LogP contribution in [0.4, 0.5) is 13.2 Å². The highest BCUT2D eigenvalue weighted by atomic mass is 35.5. The van der Waals surface area contributed by atoms with Crippen molar-refractivity contribution in [3.63, 3.8) is 0 Å². The Bertz CT molecular complexity index is 413. The van der Waals surface area contributed by atoms with Gasteiger partial charge in [-0.3, -0.25) is 4.79 Å². The van der Waals surface area contributed by atoms with Crippen molar-refractivity contribution >= 4 is 17.4 Å². The van der Waals surface area contributed by atoms with Crippen molar-refractivity contribution in [1.82, 2.24) is 0 Å². The predicted molar refractivity (Wildman–Crippen MR) is 60.3 cm³/mol. The Morgan fingerprint density at radius 3 is 2.29 bits per heavy atom. The van der Waals surface area contributed by atoms with Crippen LogP contribution in [-0.4, -0.2) is 11.7 Å². The van der Waals surface area contributed by atoms with Gasteiger partial charge in [-0.1, -0.05) is 13.0 Å². The molecule has 0 saturated heterocycles. The smallest absolute Gasteiger partial charge is 0.298 e. The first-order valence-electron chi connectivity index (χ1n) is 5.14. The summed E-state index contributed by atoms with van der Waals surface area (Å²) in [6.45, 7) is 1.77. The minimum absolute atomic E-state index is 0.0551. The van der Waals surface area contributed by atoms with Gasteiger partial charge in [0.1, 0.15) is 0 Å². The number of rotatable bonds is 4. The van der Waals surface area contributed by atoms with Gasteiger partial charge in [-0.25, -0.2) is 0 Å². The lowest BCUT2D eigenvalue weighted by molar-refractivity contribution is -0.137. The van der Waals surface area contributed by atoms with Crippen LogP contribution in [0.2, 0.25) is 0 Å². The van der Waals surface area contributed by atoms with Crippen molar-refractivity contribution in [3.05, 3.63) is 34.9 Å². The van der Waals surface area contributed by atoms with Crippen molar-refractivity contribution < 1.29 is 18.0 Å². The summed E-state index contributed by atoms with van der Waals surface area (Å²) in [7, 11) is 0. The largest absolute Gasteiger partial charge is 0.416 e. The highest BCUT2D eigenvalue weighted by Gasteiger charge is 2.31. The Hall–Kier alpha value is -1.03. The number of alkyl halides is 4. The third-order valence-electron chi connectivity index (χ3n) is 2.34. The Kier molecular flexibility index (Phi) is 4.57. The summed E-state index contributed by atoms with van der Waals surface area (Å²) < 4.78 is 37.8. The molecule has 1 nitrogen and oxygen atoms in total. The molecular formula is C12H12ClF3O. The number of carbonyl (C=O) groups excluding carboxylic acids is 1. The fourth-order valence-electron chi connectivity index (χ4n) is 1.51. The molecule has 94 valence electrons. The summed E-state index contributed by atoms with van der Waals surface area (Å²) in [5.41, 5.74) is 0.216. The lowest BCUT2D eigenvalue weighted by atomic mass is 10.0. The minimum Gasteiger partial charge on any atom is -0.298 e. The van der Waals surface area contributed by atoms with Gasteiger partial charge in [0.15, 0.2) is 5.78 Å². The van der Waals surface area contributed by atoms with Gasteiger partial charge >= 0.3 is 6.18 Å². The third kappa shape index (κ3) is 4.04. The van der Waals surface area contributed by atoms with Crippen molar-refractivity contribution in [2.45, 2.75) is 25.9 Å². The van der Waals surface area contributed by atoms with Gasteiger partial charge in [-0.05, 0) is 29.7 Å². The average molecular weight is 265 g/mol. The van der Waals surface area contributed by atoms with Crippen LogP contribution in [0.25, 0.3) is 0 Å². The number of halogens is 4. The van der Waals surface area contributed by atoms with Gasteiger partial charge in [0.05, 0.1) is 11.4 Å². The van der Waals surface area contributed by atoms with Gasteiger partial charge in [-0.2, -0.15) is 13.2 Å². The zero-order valence-corrected chi connectivity index (χ0v) is 10.0. The summed E-state index contributed by atoms with van der Waals surface area (Å²) >= 11 is 5.33. The van der Waals surface area contributed by atoms with E-state index >= 15 is 0 Å². The van der Waals surface area contributed by atoms with Gasteiger partial charge in [-0.15, -0.1) is 11.6 Å². The maximum atomic E-state index is 12.6. The highest BCUT2D eigenvalue weighted by Crippen LogP contribution is 2.31. The van der Waals surface area contributed by atoms with E-state index in [1.54, 1.807) is 13.0 Å². The number of hydrogen-bond acceptors (Lipinski definition) is 1. The second kappa shape index (κ2) is 5.54. The fraction of sp³-hybridized carbons (Fsp3) is 0.417. The van der Waals surface area contributed by atoms with Crippen LogP contribution >= 0.6 is 11.6 Å². The average Bonchev–Trinajstić information content (AvgIpc) is 2.27. The van der Waals surface area contributed by atoms with Crippen LogP contribution < -0.4 is 0 Å². The van der Waals surface area contributed by atoms with Crippen LogP contribution in [-0.2, 0) is 23.8 Å². The SMILES string of the molecule is CCc1cc(CC(=O)CCl)cc(C(F)(F)F)c1. The fourth-order valence-corrected chi connectivity index (χ4v) is 1.60.